The maximum absolute atomic E-state index is 11.4. The van der Waals surface area contributed by atoms with Crippen LogP contribution in [0.3, 0.4) is 0 Å². The Labute approximate surface area is 99.6 Å². The van der Waals surface area contributed by atoms with Gasteiger partial charge < -0.3 is 9.47 Å². The molecule has 1 heterocycles. The van der Waals surface area contributed by atoms with E-state index in [1.807, 2.05) is 13.8 Å². The second-order valence-corrected chi connectivity index (χ2v) is 4.41. The molecule has 90 valence electrons. The van der Waals surface area contributed by atoms with E-state index < -0.39 is 5.60 Å². The molecule has 1 aromatic rings. The minimum atomic E-state index is -0.421. The monoisotopic (exact) mass is 243 g/mol. The van der Waals surface area contributed by atoms with Gasteiger partial charge in [-0.2, -0.15) is 0 Å². The van der Waals surface area contributed by atoms with Gasteiger partial charge in [0.2, 0.25) is 0 Å². The summed E-state index contributed by atoms with van der Waals surface area (Å²) in [6, 6.07) is 0. The highest BCUT2D eigenvalue weighted by Crippen LogP contribution is 2.30. The van der Waals surface area contributed by atoms with Crippen LogP contribution in [0.4, 0.5) is 0 Å². The minimum absolute atomic E-state index is 0.360. The molecule has 0 fully saturated rings. The Bertz CT molecular complexity index is 358. The van der Waals surface area contributed by atoms with Crippen LogP contribution in [0.15, 0.2) is 5.38 Å². The predicted octanol–water partition coefficient (Wildman–Crippen LogP) is 2.59. The van der Waals surface area contributed by atoms with Gasteiger partial charge >= 0.3 is 5.97 Å². The summed E-state index contributed by atoms with van der Waals surface area (Å²) in [7, 11) is 1.65. The highest BCUT2D eigenvalue weighted by Gasteiger charge is 2.28. The topological polar surface area (TPSA) is 48.4 Å². The van der Waals surface area contributed by atoms with E-state index in [0.29, 0.717) is 12.3 Å². The fourth-order valence-electron chi connectivity index (χ4n) is 1.20. The van der Waals surface area contributed by atoms with Crippen molar-refractivity contribution in [3.63, 3.8) is 0 Å². The van der Waals surface area contributed by atoms with Crippen molar-refractivity contribution in [2.24, 2.45) is 0 Å². The molecular weight excluding hydrogens is 226 g/mol. The molecule has 1 atom stereocenters. The number of rotatable bonds is 5. The summed E-state index contributed by atoms with van der Waals surface area (Å²) in [6.45, 7) is 6.12. The summed E-state index contributed by atoms with van der Waals surface area (Å²) in [6.07, 6.45) is 0.805. The van der Waals surface area contributed by atoms with Crippen molar-refractivity contribution < 1.29 is 14.3 Å². The number of carbonyl (C=O) groups excluding carboxylic acids is 1. The number of aromatic nitrogens is 1. The SMILES string of the molecule is CCOC(=O)c1csc(C(C)(CC)OC)n1. The molecule has 1 aromatic heterocycles. The molecule has 0 N–H and O–H groups in total. The fraction of sp³-hybridized carbons (Fsp3) is 0.636. The first kappa shape index (κ1) is 13.1. The molecule has 0 aliphatic heterocycles. The van der Waals surface area contributed by atoms with Crippen LogP contribution in [0.25, 0.3) is 0 Å². The van der Waals surface area contributed by atoms with Gasteiger partial charge in [0.05, 0.1) is 6.61 Å². The first-order valence-electron chi connectivity index (χ1n) is 5.25. The number of thiazole rings is 1. The molecule has 0 bridgehead atoms. The standard InChI is InChI=1S/C11H17NO3S/c1-5-11(3,14-4)10-12-8(7-16-10)9(13)15-6-2/h7H,5-6H2,1-4H3. The van der Waals surface area contributed by atoms with Gasteiger partial charge in [-0.1, -0.05) is 6.92 Å². The zero-order chi connectivity index (χ0) is 12.2. The molecule has 0 radical (unpaired) electrons. The van der Waals surface area contributed by atoms with Gasteiger partial charge in [0, 0.05) is 12.5 Å². The van der Waals surface area contributed by atoms with E-state index in [4.69, 9.17) is 9.47 Å². The number of hydrogen-bond acceptors (Lipinski definition) is 5. The van der Waals surface area contributed by atoms with Crippen LogP contribution in [0, 0.1) is 0 Å². The van der Waals surface area contributed by atoms with Crippen molar-refractivity contribution in [2.75, 3.05) is 13.7 Å². The quantitative estimate of drug-likeness (QED) is 0.746. The van der Waals surface area contributed by atoms with E-state index in [0.717, 1.165) is 11.4 Å². The zero-order valence-corrected chi connectivity index (χ0v) is 10.9. The third-order valence-electron chi connectivity index (χ3n) is 2.57. The average molecular weight is 243 g/mol. The molecule has 0 saturated heterocycles. The molecule has 0 aromatic carbocycles. The molecule has 1 rings (SSSR count). The van der Waals surface area contributed by atoms with Gasteiger partial charge in [-0.15, -0.1) is 11.3 Å². The smallest absolute Gasteiger partial charge is 0.357 e. The second-order valence-electron chi connectivity index (χ2n) is 3.55. The average Bonchev–Trinajstić information content (AvgIpc) is 2.78. The third kappa shape index (κ3) is 2.59. The van der Waals surface area contributed by atoms with Crippen LogP contribution in [0.5, 0.6) is 0 Å². The van der Waals surface area contributed by atoms with Gasteiger partial charge in [0.15, 0.2) is 5.69 Å². The van der Waals surface area contributed by atoms with Crippen LogP contribution in [-0.4, -0.2) is 24.7 Å². The molecule has 0 spiro atoms. The maximum Gasteiger partial charge on any atom is 0.357 e. The van der Waals surface area contributed by atoms with Gasteiger partial charge in [-0.25, -0.2) is 9.78 Å². The normalized spacial score (nSPS) is 14.5. The number of hydrogen-bond donors (Lipinski definition) is 0. The number of methoxy groups -OCH3 is 1. The Hall–Kier alpha value is -0.940. The number of ether oxygens (including phenoxy) is 2. The second kappa shape index (κ2) is 5.41. The largest absolute Gasteiger partial charge is 0.461 e. The Morgan fingerprint density at radius 3 is 2.75 bits per heavy atom. The van der Waals surface area contributed by atoms with Gasteiger partial charge in [-0.05, 0) is 20.3 Å². The fourth-order valence-corrected chi connectivity index (χ4v) is 2.20. The Balaban J connectivity index is 2.90. The van der Waals surface area contributed by atoms with Gasteiger partial charge in [0.25, 0.3) is 0 Å². The Morgan fingerprint density at radius 1 is 1.56 bits per heavy atom. The lowest BCUT2D eigenvalue weighted by Gasteiger charge is -2.23. The molecule has 16 heavy (non-hydrogen) atoms. The minimum Gasteiger partial charge on any atom is -0.461 e. The molecule has 5 heteroatoms. The van der Waals surface area contributed by atoms with Crippen LogP contribution in [0.1, 0.15) is 42.7 Å². The Morgan fingerprint density at radius 2 is 2.25 bits per heavy atom. The maximum atomic E-state index is 11.4. The lowest BCUT2D eigenvalue weighted by molar-refractivity contribution is -0.00173. The highest BCUT2D eigenvalue weighted by molar-refractivity contribution is 7.10. The van der Waals surface area contributed by atoms with E-state index in [-0.39, 0.29) is 5.97 Å². The van der Waals surface area contributed by atoms with Crippen molar-refractivity contribution in [1.29, 1.82) is 0 Å². The summed E-state index contributed by atoms with van der Waals surface area (Å²) >= 11 is 1.42. The highest BCUT2D eigenvalue weighted by atomic mass is 32.1. The van der Waals surface area contributed by atoms with Crippen LogP contribution in [0.2, 0.25) is 0 Å². The predicted molar refractivity (Wildman–Crippen MR) is 62.7 cm³/mol. The summed E-state index contributed by atoms with van der Waals surface area (Å²) in [5.74, 6) is -0.375. The summed E-state index contributed by atoms with van der Waals surface area (Å²) in [5.41, 5.74) is -0.0614. The van der Waals surface area contributed by atoms with E-state index in [9.17, 15) is 4.79 Å². The van der Waals surface area contributed by atoms with Crippen molar-refractivity contribution in [3.05, 3.63) is 16.1 Å². The van der Waals surface area contributed by atoms with Crippen molar-refractivity contribution in [1.82, 2.24) is 4.98 Å². The molecule has 0 aliphatic rings. The lowest BCUT2D eigenvalue weighted by atomic mass is 10.1. The number of carbonyl (C=O) groups is 1. The molecular formula is C11H17NO3S. The van der Waals surface area contributed by atoms with E-state index >= 15 is 0 Å². The summed E-state index contributed by atoms with van der Waals surface area (Å²) in [4.78, 5) is 15.7. The van der Waals surface area contributed by atoms with Crippen molar-refractivity contribution in [3.8, 4) is 0 Å². The number of nitrogens with zero attached hydrogens (tertiary/aromatic N) is 1. The lowest BCUT2D eigenvalue weighted by Crippen LogP contribution is -2.23. The van der Waals surface area contributed by atoms with E-state index in [1.165, 1.54) is 11.3 Å². The van der Waals surface area contributed by atoms with Crippen molar-refractivity contribution in [2.45, 2.75) is 32.8 Å². The molecule has 1 unspecified atom stereocenters. The molecule has 0 amide bonds. The summed E-state index contributed by atoms with van der Waals surface area (Å²) in [5, 5.41) is 2.51. The molecule has 0 aliphatic carbocycles. The van der Waals surface area contributed by atoms with E-state index in [1.54, 1.807) is 19.4 Å². The number of esters is 1. The van der Waals surface area contributed by atoms with Crippen LogP contribution in [-0.2, 0) is 15.1 Å². The van der Waals surface area contributed by atoms with Crippen LogP contribution >= 0.6 is 11.3 Å². The van der Waals surface area contributed by atoms with Gasteiger partial charge in [-0.3, -0.25) is 0 Å². The van der Waals surface area contributed by atoms with E-state index in [2.05, 4.69) is 4.98 Å². The molecule has 4 nitrogen and oxygen atoms in total. The van der Waals surface area contributed by atoms with Gasteiger partial charge in [0.1, 0.15) is 10.6 Å². The first-order valence-corrected chi connectivity index (χ1v) is 6.13. The third-order valence-corrected chi connectivity index (χ3v) is 3.65. The summed E-state index contributed by atoms with van der Waals surface area (Å²) < 4.78 is 10.3. The van der Waals surface area contributed by atoms with Crippen LogP contribution < -0.4 is 0 Å². The first-order chi connectivity index (χ1) is 7.57. The Kier molecular flexibility index (Phi) is 4.44. The van der Waals surface area contributed by atoms with Crippen molar-refractivity contribution >= 4 is 17.3 Å². The molecule has 0 saturated carbocycles. The zero-order valence-electron chi connectivity index (χ0n) is 10.1.